The molecule has 0 N–H and O–H groups in total. The highest BCUT2D eigenvalue weighted by Crippen LogP contribution is 2.62. The number of aromatic nitrogens is 5. The van der Waals surface area contributed by atoms with Crippen LogP contribution in [0.5, 0.6) is 0 Å². The summed E-state index contributed by atoms with van der Waals surface area (Å²) in [6, 6.07) is 67.7. The number of hydrogen-bond donors (Lipinski definition) is 0. The van der Waals surface area contributed by atoms with E-state index < -0.39 is 5.41 Å². The molecule has 0 amide bonds. The topological polar surface area (TPSA) is 48.5 Å². The highest BCUT2D eigenvalue weighted by atomic mass is 32.2. The minimum absolute atomic E-state index is 0.590. The second kappa shape index (κ2) is 11.9. The summed E-state index contributed by atoms with van der Waals surface area (Å²) in [6.07, 6.45) is 0. The van der Waals surface area contributed by atoms with Gasteiger partial charge in [0.15, 0.2) is 11.6 Å². The Morgan fingerprint density at radius 2 is 0.931 bits per heavy atom. The molecule has 1 spiro atoms. The number of fused-ring (bicyclic) bond motifs is 15. The number of hydrogen-bond acceptors (Lipinski definition) is 4. The minimum atomic E-state index is -0.614. The first-order valence-electron chi connectivity index (χ1n) is 19.6. The quantitative estimate of drug-likeness (QED) is 0.180. The van der Waals surface area contributed by atoms with Crippen molar-refractivity contribution >= 4 is 55.4 Å². The predicted octanol–water partition coefficient (Wildman–Crippen LogP) is 12.6. The molecule has 5 nitrogen and oxygen atoms in total. The molecule has 0 radical (unpaired) electrons. The Balaban J connectivity index is 1.20. The molecule has 1 unspecified atom stereocenters. The van der Waals surface area contributed by atoms with Gasteiger partial charge in [-0.3, -0.25) is 4.57 Å². The molecule has 1 atom stereocenters. The lowest BCUT2D eigenvalue weighted by Gasteiger charge is -2.45. The Labute approximate surface area is 337 Å². The van der Waals surface area contributed by atoms with E-state index in [2.05, 4.69) is 161 Å². The van der Waals surface area contributed by atoms with Gasteiger partial charge in [-0.1, -0.05) is 176 Å². The van der Waals surface area contributed by atoms with Crippen LogP contribution in [0.15, 0.2) is 198 Å². The number of rotatable bonds is 3. The zero-order valence-corrected chi connectivity index (χ0v) is 31.9. The molecule has 58 heavy (non-hydrogen) atoms. The Morgan fingerprint density at radius 3 is 1.66 bits per heavy atom. The van der Waals surface area contributed by atoms with Crippen LogP contribution in [0, 0.1) is 0 Å². The van der Waals surface area contributed by atoms with Crippen LogP contribution in [0.4, 0.5) is 0 Å². The maximum Gasteiger partial charge on any atom is 0.238 e. The van der Waals surface area contributed by atoms with E-state index in [1.807, 2.05) is 48.2 Å². The summed E-state index contributed by atoms with van der Waals surface area (Å²) in [6.45, 7) is 0. The van der Waals surface area contributed by atoms with Gasteiger partial charge in [0.05, 0.1) is 33.2 Å². The summed E-state index contributed by atoms with van der Waals surface area (Å²) in [5, 5.41) is 4.85. The van der Waals surface area contributed by atoms with Gasteiger partial charge in [-0.25, -0.2) is 4.98 Å². The zero-order chi connectivity index (χ0) is 38.0. The summed E-state index contributed by atoms with van der Waals surface area (Å²) >= 11 is 1.86. The van der Waals surface area contributed by atoms with Crippen LogP contribution in [0.1, 0.15) is 22.3 Å². The van der Waals surface area contributed by atoms with Gasteiger partial charge in [-0.2, -0.15) is 9.97 Å². The molecule has 0 fully saturated rings. The van der Waals surface area contributed by atoms with Gasteiger partial charge in [0, 0.05) is 42.5 Å². The fraction of sp³-hybridized carbons (Fsp3) is 0.0192. The van der Waals surface area contributed by atoms with E-state index in [0.29, 0.717) is 17.6 Å². The van der Waals surface area contributed by atoms with Crippen LogP contribution in [-0.4, -0.2) is 24.1 Å². The Kier molecular flexibility index (Phi) is 6.52. The van der Waals surface area contributed by atoms with E-state index in [1.54, 1.807) is 0 Å². The SMILES string of the molecule is c1ccc(-c2nc(-c3ccccc3)nc(-n3c4ccccc4c4ccc5c(c43)Sc3ccccc3C53c4ccccc4-n4c5ccccc5c5cccc3c54)n2)cc1. The molecular formula is C52H31N5S. The van der Waals surface area contributed by atoms with Crippen LogP contribution in [0.2, 0.25) is 0 Å². The largest absolute Gasteiger partial charge is 0.309 e. The Hall–Kier alpha value is -7.28. The van der Waals surface area contributed by atoms with E-state index in [1.165, 1.54) is 59.5 Å². The molecule has 11 aromatic rings. The van der Waals surface area contributed by atoms with Gasteiger partial charge >= 0.3 is 0 Å². The Bertz CT molecular complexity index is 3440. The highest BCUT2D eigenvalue weighted by molar-refractivity contribution is 7.99. The lowest BCUT2D eigenvalue weighted by Crippen LogP contribution is -2.37. The molecule has 0 saturated heterocycles. The average Bonchev–Trinajstić information content (AvgIpc) is 3.82. The van der Waals surface area contributed by atoms with Crippen molar-refractivity contribution in [1.82, 2.24) is 24.1 Å². The van der Waals surface area contributed by atoms with Gasteiger partial charge in [0.25, 0.3) is 0 Å². The van der Waals surface area contributed by atoms with E-state index in [9.17, 15) is 0 Å². The first-order chi connectivity index (χ1) is 28.8. The van der Waals surface area contributed by atoms with Crippen LogP contribution >= 0.6 is 11.8 Å². The predicted molar refractivity (Wildman–Crippen MR) is 235 cm³/mol. The van der Waals surface area contributed by atoms with Crippen molar-refractivity contribution in [2.45, 2.75) is 15.2 Å². The molecule has 8 aromatic carbocycles. The highest BCUT2D eigenvalue weighted by Gasteiger charge is 2.50. The van der Waals surface area contributed by atoms with E-state index in [0.717, 1.165) is 32.9 Å². The van der Waals surface area contributed by atoms with Gasteiger partial charge in [0.1, 0.15) is 0 Å². The molecule has 2 aliphatic rings. The Morgan fingerprint density at radius 1 is 0.379 bits per heavy atom. The molecule has 2 aliphatic heterocycles. The zero-order valence-electron chi connectivity index (χ0n) is 31.0. The monoisotopic (exact) mass is 757 g/mol. The van der Waals surface area contributed by atoms with Crippen molar-refractivity contribution in [2.75, 3.05) is 0 Å². The first-order valence-corrected chi connectivity index (χ1v) is 20.4. The molecule has 0 aliphatic carbocycles. The average molecular weight is 758 g/mol. The molecule has 0 bridgehead atoms. The minimum Gasteiger partial charge on any atom is -0.309 e. The lowest BCUT2D eigenvalue weighted by atomic mass is 9.62. The van der Waals surface area contributed by atoms with Crippen LogP contribution < -0.4 is 0 Å². The van der Waals surface area contributed by atoms with E-state index >= 15 is 0 Å². The normalized spacial score (nSPS) is 15.2. The smallest absolute Gasteiger partial charge is 0.238 e. The third-order valence-electron chi connectivity index (χ3n) is 12.2. The summed E-state index contributed by atoms with van der Waals surface area (Å²) in [5.41, 5.74) is 12.2. The number of para-hydroxylation sites is 4. The van der Waals surface area contributed by atoms with E-state index in [4.69, 9.17) is 15.0 Å². The third kappa shape index (κ3) is 4.14. The van der Waals surface area contributed by atoms with Gasteiger partial charge < -0.3 is 4.57 Å². The van der Waals surface area contributed by atoms with Crippen molar-refractivity contribution in [2.24, 2.45) is 0 Å². The van der Waals surface area contributed by atoms with Crippen molar-refractivity contribution in [3.63, 3.8) is 0 Å². The second-order valence-electron chi connectivity index (χ2n) is 15.1. The lowest BCUT2D eigenvalue weighted by molar-refractivity contribution is 0.691. The summed E-state index contributed by atoms with van der Waals surface area (Å²) in [5.74, 6) is 1.86. The summed E-state index contributed by atoms with van der Waals surface area (Å²) < 4.78 is 4.80. The van der Waals surface area contributed by atoms with Gasteiger partial charge in [-0.05, 0) is 46.5 Å². The van der Waals surface area contributed by atoms with Crippen molar-refractivity contribution < 1.29 is 0 Å². The van der Waals surface area contributed by atoms with E-state index in [-0.39, 0.29) is 0 Å². The number of benzene rings is 8. The molecule has 5 heterocycles. The van der Waals surface area contributed by atoms with Crippen molar-refractivity contribution in [1.29, 1.82) is 0 Å². The molecule has 6 heteroatoms. The van der Waals surface area contributed by atoms with Crippen molar-refractivity contribution in [3.8, 4) is 34.4 Å². The van der Waals surface area contributed by atoms with Crippen LogP contribution in [-0.2, 0) is 5.41 Å². The molecule has 13 rings (SSSR count). The maximum absolute atomic E-state index is 5.32. The van der Waals surface area contributed by atoms with Gasteiger partial charge in [0.2, 0.25) is 5.95 Å². The fourth-order valence-corrected chi connectivity index (χ4v) is 11.3. The molecule has 0 saturated carbocycles. The van der Waals surface area contributed by atoms with Crippen molar-refractivity contribution in [3.05, 3.63) is 210 Å². The van der Waals surface area contributed by atoms with Crippen LogP contribution in [0.25, 0.3) is 78.0 Å². The first kappa shape index (κ1) is 31.9. The summed E-state index contributed by atoms with van der Waals surface area (Å²) in [4.78, 5) is 18.1. The third-order valence-corrected chi connectivity index (χ3v) is 13.4. The molecule has 270 valence electrons. The summed E-state index contributed by atoms with van der Waals surface area (Å²) in [7, 11) is 0. The molecule has 3 aromatic heterocycles. The maximum atomic E-state index is 5.32. The number of nitrogens with zero attached hydrogens (tertiary/aromatic N) is 5. The fourth-order valence-electron chi connectivity index (χ4n) is 9.93. The molecular weight excluding hydrogens is 727 g/mol. The second-order valence-corrected chi connectivity index (χ2v) is 16.2. The van der Waals surface area contributed by atoms with Gasteiger partial charge in [-0.15, -0.1) is 0 Å². The van der Waals surface area contributed by atoms with Crippen LogP contribution in [0.3, 0.4) is 0 Å². The standard InChI is InChI=1S/C52H31N5S/c1-3-16-32(17-4-1)49-53-50(33-18-5-2-6-19-33)55-51(54-49)57-43-27-12-8-21-35(43)37-30-31-41-48(47(37)57)58-45-29-14-10-24-39(45)52(41)38-23-9-13-28-44(38)56-42-26-11-7-20-34(42)36-22-15-25-40(52)46(36)56/h1-31H.